The number of nitrogen functional groups attached to an aromatic ring is 1. The summed E-state index contributed by atoms with van der Waals surface area (Å²) in [6, 6.07) is 4.03. The highest BCUT2D eigenvalue weighted by Gasteiger charge is 2.04. The quantitative estimate of drug-likeness (QED) is 0.578. The van der Waals surface area contributed by atoms with Gasteiger partial charge >= 0.3 is 0 Å². The van der Waals surface area contributed by atoms with Crippen molar-refractivity contribution >= 4 is 17.3 Å². The molecule has 0 spiro atoms. The van der Waals surface area contributed by atoms with Gasteiger partial charge in [0.1, 0.15) is 5.82 Å². The topological polar surface area (TPSA) is 55.1 Å². The fraction of sp³-hybridized carbons (Fsp3) is 0.182. The van der Waals surface area contributed by atoms with Crippen molar-refractivity contribution in [2.24, 2.45) is 0 Å². The van der Waals surface area contributed by atoms with Crippen molar-refractivity contribution in [1.29, 1.82) is 0 Å². The minimum absolute atomic E-state index is 0.0949. The van der Waals surface area contributed by atoms with Crippen LogP contribution in [0, 0.1) is 5.82 Å². The van der Waals surface area contributed by atoms with Crippen molar-refractivity contribution in [2.75, 3.05) is 11.1 Å². The standard InChI is InChI=1S/C11H13FN2O/c1-7(2)5-11(15)14-10-6-8(13)3-4-9(10)12/h3-6H,13H2,1-2H3,(H,14,15). The van der Waals surface area contributed by atoms with Crippen LogP contribution in [0.4, 0.5) is 15.8 Å². The molecule has 1 aromatic carbocycles. The average molecular weight is 208 g/mol. The van der Waals surface area contributed by atoms with Gasteiger partial charge in [-0.2, -0.15) is 0 Å². The number of carbonyl (C=O) groups excluding carboxylic acids is 1. The number of allylic oxidation sites excluding steroid dienone is 1. The molecule has 0 aliphatic carbocycles. The van der Waals surface area contributed by atoms with Gasteiger partial charge in [0, 0.05) is 11.8 Å². The molecule has 0 saturated heterocycles. The third-order valence-electron chi connectivity index (χ3n) is 1.67. The van der Waals surface area contributed by atoms with Crippen LogP contribution in [-0.2, 0) is 4.79 Å². The Hall–Kier alpha value is -1.84. The molecule has 0 heterocycles. The van der Waals surface area contributed by atoms with Crippen molar-refractivity contribution in [1.82, 2.24) is 0 Å². The van der Waals surface area contributed by atoms with Crippen LogP contribution < -0.4 is 11.1 Å². The monoisotopic (exact) mass is 208 g/mol. The molecule has 0 fully saturated rings. The molecule has 0 aliphatic heterocycles. The smallest absolute Gasteiger partial charge is 0.248 e. The van der Waals surface area contributed by atoms with Gasteiger partial charge in [-0.25, -0.2) is 4.39 Å². The van der Waals surface area contributed by atoms with Gasteiger partial charge in [0.05, 0.1) is 5.69 Å². The first kappa shape index (κ1) is 11.2. The van der Waals surface area contributed by atoms with E-state index in [1.54, 1.807) is 13.8 Å². The van der Waals surface area contributed by atoms with E-state index in [0.29, 0.717) is 5.69 Å². The fourth-order valence-corrected chi connectivity index (χ4v) is 1.07. The van der Waals surface area contributed by atoms with Gasteiger partial charge in [-0.1, -0.05) is 5.57 Å². The Kier molecular flexibility index (Phi) is 3.44. The van der Waals surface area contributed by atoms with Crippen LogP contribution in [0.2, 0.25) is 0 Å². The zero-order valence-electron chi connectivity index (χ0n) is 8.67. The predicted molar refractivity (Wildman–Crippen MR) is 58.9 cm³/mol. The number of rotatable bonds is 2. The summed E-state index contributed by atoms with van der Waals surface area (Å²) in [5.41, 5.74) is 6.82. The van der Waals surface area contributed by atoms with Crippen molar-refractivity contribution in [3.8, 4) is 0 Å². The number of hydrogen-bond acceptors (Lipinski definition) is 2. The van der Waals surface area contributed by atoms with Gasteiger partial charge in [0.2, 0.25) is 5.91 Å². The van der Waals surface area contributed by atoms with E-state index in [1.807, 2.05) is 0 Å². The summed E-state index contributed by atoms with van der Waals surface area (Å²) >= 11 is 0. The third-order valence-corrected chi connectivity index (χ3v) is 1.67. The van der Waals surface area contributed by atoms with Gasteiger partial charge in [-0.05, 0) is 32.0 Å². The Morgan fingerprint density at radius 2 is 2.13 bits per heavy atom. The third kappa shape index (κ3) is 3.42. The van der Waals surface area contributed by atoms with E-state index < -0.39 is 5.82 Å². The van der Waals surface area contributed by atoms with E-state index in [4.69, 9.17) is 5.73 Å². The van der Waals surface area contributed by atoms with Gasteiger partial charge in [0.25, 0.3) is 0 Å². The zero-order chi connectivity index (χ0) is 11.4. The molecule has 15 heavy (non-hydrogen) atoms. The Morgan fingerprint density at radius 3 is 2.73 bits per heavy atom. The lowest BCUT2D eigenvalue weighted by atomic mass is 10.2. The number of nitrogens with one attached hydrogen (secondary N) is 1. The minimum Gasteiger partial charge on any atom is -0.399 e. The molecule has 0 bridgehead atoms. The molecule has 1 aromatic rings. The molecule has 3 N–H and O–H groups in total. The largest absolute Gasteiger partial charge is 0.399 e. The summed E-state index contributed by atoms with van der Waals surface area (Å²) in [5.74, 6) is -0.862. The van der Waals surface area contributed by atoms with Crippen LogP contribution >= 0.6 is 0 Å². The van der Waals surface area contributed by atoms with E-state index in [1.165, 1.54) is 24.3 Å². The molecule has 0 atom stereocenters. The molecular formula is C11H13FN2O. The molecule has 1 rings (SSSR count). The molecule has 4 heteroatoms. The summed E-state index contributed by atoms with van der Waals surface area (Å²) in [5, 5.41) is 2.41. The minimum atomic E-state index is -0.500. The number of nitrogens with two attached hydrogens (primary N) is 1. The first-order chi connectivity index (χ1) is 6.99. The summed E-state index contributed by atoms with van der Waals surface area (Å²) in [6.45, 7) is 3.57. The molecule has 0 unspecified atom stereocenters. The highest BCUT2D eigenvalue weighted by atomic mass is 19.1. The Labute approximate surface area is 87.8 Å². The number of halogens is 1. The van der Waals surface area contributed by atoms with E-state index >= 15 is 0 Å². The molecule has 0 aliphatic rings. The second-order valence-electron chi connectivity index (χ2n) is 3.45. The molecule has 1 amide bonds. The first-order valence-electron chi connectivity index (χ1n) is 4.50. The summed E-state index contributed by atoms with van der Waals surface area (Å²) in [4.78, 5) is 11.3. The van der Waals surface area contributed by atoms with Crippen molar-refractivity contribution in [3.05, 3.63) is 35.7 Å². The highest BCUT2D eigenvalue weighted by molar-refractivity contribution is 5.99. The highest BCUT2D eigenvalue weighted by Crippen LogP contribution is 2.17. The lowest BCUT2D eigenvalue weighted by molar-refractivity contribution is -0.112. The van der Waals surface area contributed by atoms with E-state index in [-0.39, 0.29) is 11.6 Å². The van der Waals surface area contributed by atoms with E-state index in [9.17, 15) is 9.18 Å². The number of anilines is 2. The molecule has 3 nitrogen and oxygen atoms in total. The van der Waals surface area contributed by atoms with Crippen molar-refractivity contribution in [3.63, 3.8) is 0 Å². The van der Waals surface area contributed by atoms with Crippen LogP contribution in [0.15, 0.2) is 29.8 Å². The lowest BCUT2D eigenvalue weighted by Crippen LogP contribution is -2.10. The first-order valence-corrected chi connectivity index (χ1v) is 4.50. The SMILES string of the molecule is CC(C)=CC(=O)Nc1cc(N)ccc1F. The van der Waals surface area contributed by atoms with Crippen molar-refractivity contribution < 1.29 is 9.18 Å². The van der Waals surface area contributed by atoms with Crippen LogP contribution in [-0.4, -0.2) is 5.91 Å². The van der Waals surface area contributed by atoms with Crippen LogP contribution in [0.25, 0.3) is 0 Å². The maximum absolute atomic E-state index is 13.2. The fourth-order valence-electron chi connectivity index (χ4n) is 1.07. The van der Waals surface area contributed by atoms with Crippen molar-refractivity contribution in [2.45, 2.75) is 13.8 Å². The molecule has 0 radical (unpaired) electrons. The molecule has 0 aromatic heterocycles. The van der Waals surface area contributed by atoms with Gasteiger partial charge in [-0.15, -0.1) is 0 Å². The summed E-state index contributed by atoms with van der Waals surface area (Å²) in [6.07, 6.45) is 1.39. The number of benzene rings is 1. The lowest BCUT2D eigenvalue weighted by Gasteiger charge is -2.04. The van der Waals surface area contributed by atoms with E-state index in [0.717, 1.165) is 5.57 Å². The van der Waals surface area contributed by atoms with Gasteiger partial charge in [0.15, 0.2) is 0 Å². The molecule has 80 valence electrons. The second-order valence-corrected chi connectivity index (χ2v) is 3.45. The predicted octanol–water partition coefficient (Wildman–Crippen LogP) is 2.31. The Bertz CT molecular complexity index is 409. The summed E-state index contributed by atoms with van der Waals surface area (Å²) < 4.78 is 13.2. The number of hydrogen-bond donors (Lipinski definition) is 2. The van der Waals surface area contributed by atoms with E-state index in [2.05, 4.69) is 5.32 Å². The Balaban J connectivity index is 2.85. The maximum atomic E-state index is 13.2. The average Bonchev–Trinajstić information content (AvgIpc) is 2.10. The summed E-state index contributed by atoms with van der Waals surface area (Å²) in [7, 11) is 0. The van der Waals surface area contributed by atoms with Crippen LogP contribution in [0.5, 0.6) is 0 Å². The second kappa shape index (κ2) is 4.59. The normalized spacial score (nSPS) is 9.53. The van der Waals surface area contributed by atoms with Crippen LogP contribution in [0.3, 0.4) is 0 Å². The Morgan fingerprint density at radius 1 is 1.47 bits per heavy atom. The maximum Gasteiger partial charge on any atom is 0.248 e. The molecular weight excluding hydrogens is 195 g/mol. The van der Waals surface area contributed by atoms with Crippen LogP contribution in [0.1, 0.15) is 13.8 Å². The molecule has 0 saturated carbocycles. The van der Waals surface area contributed by atoms with Gasteiger partial charge < -0.3 is 11.1 Å². The zero-order valence-corrected chi connectivity index (χ0v) is 8.67. The number of carbonyl (C=O) groups is 1. The number of amides is 1. The van der Waals surface area contributed by atoms with Gasteiger partial charge in [-0.3, -0.25) is 4.79 Å².